The molecule has 3 N–H and O–H groups in total. The van der Waals surface area contributed by atoms with Crippen LogP contribution in [0.1, 0.15) is 0 Å². The number of rotatable bonds is 1. The summed E-state index contributed by atoms with van der Waals surface area (Å²) in [5, 5.41) is 10.9. The van der Waals surface area contributed by atoms with E-state index in [1.54, 1.807) is 17.5 Å². The predicted octanol–water partition coefficient (Wildman–Crippen LogP) is 2.84. The summed E-state index contributed by atoms with van der Waals surface area (Å²) in [7, 11) is 0. The summed E-state index contributed by atoms with van der Waals surface area (Å²) in [5.41, 5.74) is 7.24. The Kier molecular flexibility index (Phi) is 2.13. The van der Waals surface area contributed by atoms with Crippen molar-refractivity contribution in [2.45, 2.75) is 0 Å². The molecule has 4 heteroatoms. The lowest BCUT2D eigenvalue weighted by Crippen LogP contribution is -1.84. The van der Waals surface area contributed by atoms with Crippen LogP contribution in [0.15, 0.2) is 29.6 Å². The molecule has 2 rings (SSSR count). The number of benzene rings is 1. The van der Waals surface area contributed by atoms with Gasteiger partial charge in [-0.3, -0.25) is 0 Å². The van der Waals surface area contributed by atoms with Crippen LogP contribution < -0.4 is 5.73 Å². The standard InChI is InChI=1S/C10H8FNOS/c11-10-3-6(5-14-10)8-2-1-7(12)4-9(8)13/h1-5,13H,12H2. The summed E-state index contributed by atoms with van der Waals surface area (Å²) in [6, 6.07) is 6.18. The van der Waals surface area contributed by atoms with Gasteiger partial charge >= 0.3 is 0 Å². The predicted molar refractivity (Wildman–Crippen MR) is 55.8 cm³/mol. The molecule has 0 radical (unpaired) electrons. The molecule has 72 valence electrons. The quantitative estimate of drug-likeness (QED) is 0.709. The van der Waals surface area contributed by atoms with Gasteiger partial charge in [0.2, 0.25) is 0 Å². The molecule has 1 heterocycles. The topological polar surface area (TPSA) is 46.2 Å². The fourth-order valence-electron chi connectivity index (χ4n) is 1.24. The highest BCUT2D eigenvalue weighted by Gasteiger charge is 2.06. The Labute approximate surface area is 84.4 Å². The van der Waals surface area contributed by atoms with Gasteiger partial charge in [-0.25, -0.2) is 0 Å². The van der Waals surface area contributed by atoms with Gasteiger partial charge in [-0.05, 0) is 23.8 Å². The van der Waals surface area contributed by atoms with E-state index in [0.29, 0.717) is 16.8 Å². The van der Waals surface area contributed by atoms with Gasteiger partial charge in [0.1, 0.15) is 5.75 Å². The first-order valence-corrected chi connectivity index (χ1v) is 4.87. The molecule has 0 unspecified atom stereocenters. The van der Waals surface area contributed by atoms with Gasteiger partial charge in [-0.2, -0.15) is 4.39 Å². The number of aromatic hydroxyl groups is 1. The zero-order chi connectivity index (χ0) is 10.1. The number of hydrogen-bond acceptors (Lipinski definition) is 3. The first-order valence-electron chi connectivity index (χ1n) is 4.00. The Morgan fingerprint density at radius 1 is 1.29 bits per heavy atom. The van der Waals surface area contributed by atoms with Gasteiger partial charge in [-0.15, -0.1) is 11.3 Å². The summed E-state index contributed by atoms with van der Waals surface area (Å²) in [6.45, 7) is 0. The molecule has 0 amide bonds. The molecule has 0 fully saturated rings. The van der Waals surface area contributed by atoms with Gasteiger partial charge in [0.15, 0.2) is 5.13 Å². The van der Waals surface area contributed by atoms with Crippen molar-refractivity contribution >= 4 is 17.0 Å². The summed E-state index contributed by atoms with van der Waals surface area (Å²) in [4.78, 5) is 0. The zero-order valence-electron chi connectivity index (χ0n) is 7.20. The third kappa shape index (κ3) is 1.56. The molecule has 0 saturated carbocycles. The summed E-state index contributed by atoms with van der Waals surface area (Å²) in [5.74, 6) is 0.0720. The van der Waals surface area contributed by atoms with E-state index >= 15 is 0 Å². The van der Waals surface area contributed by atoms with E-state index in [0.717, 1.165) is 11.3 Å². The lowest BCUT2D eigenvalue weighted by molar-refractivity contribution is 0.477. The fraction of sp³-hybridized carbons (Fsp3) is 0. The Bertz CT molecular complexity index is 467. The Hall–Kier alpha value is -1.55. The number of hydrogen-bond donors (Lipinski definition) is 2. The average molecular weight is 209 g/mol. The lowest BCUT2D eigenvalue weighted by atomic mass is 10.1. The van der Waals surface area contributed by atoms with Gasteiger partial charge in [0.05, 0.1) is 0 Å². The van der Waals surface area contributed by atoms with Crippen LogP contribution in [0.3, 0.4) is 0 Å². The lowest BCUT2D eigenvalue weighted by Gasteiger charge is -2.02. The molecule has 1 aromatic heterocycles. The number of nitrogen functional groups attached to an aromatic ring is 1. The molecule has 0 aliphatic carbocycles. The maximum Gasteiger partial charge on any atom is 0.177 e. The minimum atomic E-state index is -0.267. The van der Waals surface area contributed by atoms with Crippen molar-refractivity contribution in [2.24, 2.45) is 0 Å². The van der Waals surface area contributed by atoms with Crippen molar-refractivity contribution in [3.05, 3.63) is 34.8 Å². The molecular weight excluding hydrogens is 201 g/mol. The molecule has 14 heavy (non-hydrogen) atoms. The van der Waals surface area contributed by atoms with Crippen LogP contribution in [0.4, 0.5) is 10.1 Å². The molecule has 1 aromatic carbocycles. The number of halogens is 1. The highest BCUT2D eigenvalue weighted by Crippen LogP contribution is 2.32. The van der Waals surface area contributed by atoms with E-state index < -0.39 is 0 Å². The molecular formula is C10H8FNOS. The Morgan fingerprint density at radius 3 is 2.64 bits per heavy atom. The molecule has 2 nitrogen and oxygen atoms in total. The number of phenolic OH excluding ortho intramolecular Hbond substituents is 1. The van der Waals surface area contributed by atoms with E-state index in [1.165, 1.54) is 12.1 Å². The second-order valence-corrected chi connectivity index (χ2v) is 3.78. The van der Waals surface area contributed by atoms with Crippen molar-refractivity contribution in [3.63, 3.8) is 0 Å². The average Bonchev–Trinajstić information content (AvgIpc) is 2.51. The normalized spacial score (nSPS) is 10.4. The van der Waals surface area contributed by atoms with Crippen molar-refractivity contribution < 1.29 is 9.50 Å². The SMILES string of the molecule is Nc1ccc(-c2csc(F)c2)c(O)c1. The van der Waals surface area contributed by atoms with Crippen LogP contribution >= 0.6 is 11.3 Å². The van der Waals surface area contributed by atoms with Gasteiger partial charge < -0.3 is 10.8 Å². The van der Waals surface area contributed by atoms with Crippen LogP contribution in [0.2, 0.25) is 0 Å². The molecule has 0 saturated heterocycles. The van der Waals surface area contributed by atoms with E-state index in [9.17, 15) is 9.50 Å². The van der Waals surface area contributed by atoms with Gasteiger partial charge in [-0.1, -0.05) is 0 Å². The molecule has 0 aliphatic rings. The maximum atomic E-state index is 12.7. The van der Waals surface area contributed by atoms with E-state index in [4.69, 9.17) is 5.73 Å². The molecule has 0 atom stereocenters. The minimum absolute atomic E-state index is 0.0720. The molecule has 0 aliphatic heterocycles. The first-order chi connectivity index (χ1) is 6.66. The van der Waals surface area contributed by atoms with Crippen molar-refractivity contribution in [1.29, 1.82) is 0 Å². The van der Waals surface area contributed by atoms with Crippen LogP contribution in [0.25, 0.3) is 11.1 Å². The van der Waals surface area contributed by atoms with Gasteiger partial charge in [0.25, 0.3) is 0 Å². The van der Waals surface area contributed by atoms with Crippen molar-refractivity contribution in [1.82, 2.24) is 0 Å². The molecule has 0 spiro atoms. The number of anilines is 1. The van der Waals surface area contributed by atoms with E-state index in [1.807, 2.05) is 0 Å². The minimum Gasteiger partial charge on any atom is -0.507 e. The third-order valence-corrected chi connectivity index (χ3v) is 2.62. The van der Waals surface area contributed by atoms with Crippen molar-refractivity contribution in [3.8, 4) is 16.9 Å². The zero-order valence-corrected chi connectivity index (χ0v) is 8.01. The maximum absolute atomic E-state index is 12.7. The number of nitrogens with two attached hydrogens (primary N) is 1. The second kappa shape index (κ2) is 3.31. The smallest absolute Gasteiger partial charge is 0.177 e. The highest BCUT2D eigenvalue weighted by molar-refractivity contribution is 7.08. The number of phenols is 1. The Morgan fingerprint density at radius 2 is 2.07 bits per heavy atom. The van der Waals surface area contributed by atoms with Gasteiger partial charge in [0, 0.05) is 22.7 Å². The van der Waals surface area contributed by atoms with Crippen LogP contribution in [-0.4, -0.2) is 5.11 Å². The largest absolute Gasteiger partial charge is 0.507 e. The summed E-state index contributed by atoms with van der Waals surface area (Å²) in [6.07, 6.45) is 0. The summed E-state index contributed by atoms with van der Waals surface area (Å²) < 4.78 is 12.7. The molecule has 2 aromatic rings. The van der Waals surface area contributed by atoms with Crippen LogP contribution in [-0.2, 0) is 0 Å². The fourth-order valence-corrected chi connectivity index (χ4v) is 1.87. The monoisotopic (exact) mass is 209 g/mol. The summed E-state index contributed by atoms with van der Waals surface area (Å²) >= 11 is 1.00. The highest BCUT2D eigenvalue weighted by atomic mass is 32.1. The third-order valence-electron chi connectivity index (χ3n) is 1.90. The van der Waals surface area contributed by atoms with Crippen LogP contribution in [0.5, 0.6) is 5.75 Å². The van der Waals surface area contributed by atoms with Crippen molar-refractivity contribution in [2.75, 3.05) is 5.73 Å². The van der Waals surface area contributed by atoms with E-state index in [-0.39, 0.29) is 10.9 Å². The van der Waals surface area contributed by atoms with Crippen LogP contribution in [0, 0.1) is 5.13 Å². The molecule has 0 bridgehead atoms. The second-order valence-electron chi connectivity index (χ2n) is 2.92. The van der Waals surface area contributed by atoms with E-state index in [2.05, 4.69) is 0 Å². The first kappa shape index (κ1) is 9.02. The Balaban J connectivity index is 2.52. The number of thiophene rings is 1.